The van der Waals surface area contributed by atoms with E-state index in [9.17, 15) is 4.79 Å². The first-order chi connectivity index (χ1) is 8.67. The molecule has 0 saturated carbocycles. The van der Waals surface area contributed by atoms with Crippen molar-refractivity contribution >= 4 is 16.9 Å². The van der Waals surface area contributed by atoms with E-state index in [0.717, 1.165) is 22.2 Å². The number of ether oxygens (including phenoxy) is 2. The largest absolute Gasteiger partial charge is 0.496 e. The summed E-state index contributed by atoms with van der Waals surface area (Å²) in [5.41, 5.74) is 2.36. The average Bonchev–Trinajstić information content (AvgIpc) is 2.81. The summed E-state index contributed by atoms with van der Waals surface area (Å²) in [6, 6.07) is 5.76. The number of rotatable bonds is 4. The van der Waals surface area contributed by atoms with E-state index in [0.29, 0.717) is 12.0 Å². The molecule has 1 aromatic heterocycles. The van der Waals surface area contributed by atoms with E-state index in [2.05, 4.69) is 16.3 Å². The summed E-state index contributed by atoms with van der Waals surface area (Å²) < 4.78 is 9.98. The Labute approximate surface area is 105 Å². The third kappa shape index (κ3) is 2.09. The second kappa shape index (κ2) is 4.96. The topological polar surface area (TPSA) is 51.3 Å². The Kier molecular flexibility index (Phi) is 3.37. The highest BCUT2D eigenvalue weighted by Crippen LogP contribution is 2.29. The zero-order chi connectivity index (χ0) is 13.1. The van der Waals surface area contributed by atoms with Gasteiger partial charge < -0.3 is 14.5 Å². The quantitative estimate of drug-likeness (QED) is 0.665. The Hall–Kier alpha value is -2.23. The number of hydrogen-bond donors (Lipinski definition) is 1. The first kappa shape index (κ1) is 12.2. The molecular formula is C14H15NO3. The number of methoxy groups -OCH3 is 2. The molecule has 0 saturated heterocycles. The number of esters is 1. The highest BCUT2D eigenvalue weighted by atomic mass is 16.5. The van der Waals surface area contributed by atoms with Crippen LogP contribution >= 0.6 is 0 Å². The van der Waals surface area contributed by atoms with Crippen LogP contribution in [0.4, 0.5) is 0 Å². The molecule has 0 spiro atoms. The molecule has 0 bridgehead atoms. The van der Waals surface area contributed by atoms with Gasteiger partial charge in [0.15, 0.2) is 0 Å². The molecule has 0 aliphatic carbocycles. The second-order valence-electron chi connectivity index (χ2n) is 3.97. The van der Waals surface area contributed by atoms with Crippen LogP contribution in [-0.4, -0.2) is 25.2 Å². The maximum absolute atomic E-state index is 11.4. The Morgan fingerprint density at radius 3 is 2.83 bits per heavy atom. The van der Waals surface area contributed by atoms with Gasteiger partial charge in [0.25, 0.3) is 0 Å². The highest BCUT2D eigenvalue weighted by Gasteiger charge is 2.13. The molecule has 0 atom stereocenters. The van der Waals surface area contributed by atoms with Crippen LogP contribution < -0.4 is 4.74 Å². The first-order valence-electron chi connectivity index (χ1n) is 5.56. The summed E-state index contributed by atoms with van der Waals surface area (Å²) in [7, 11) is 2.98. The third-order valence-corrected chi connectivity index (χ3v) is 2.85. The number of aromatic nitrogens is 1. The van der Waals surface area contributed by atoms with Gasteiger partial charge in [0.1, 0.15) is 5.75 Å². The van der Waals surface area contributed by atoms with Gasteiger partial charge >= 0.3 is 5.97 Å². The van der Waals surface area contributed by atoms with Gasteiger partial charge in [0.2, 0.25) is 0 Å². The third-order valence-electron chi connectivity index (χ3n) is 2.85. The van der Waals surface area contributed by atoms with Gasteiger partial charge in [-0.25, -0.2) is 4.79 Å². The van der Waals surface area contributed by atoms with Gasteiger partial charge in [-0.05, 0) is 17.7 Å². The van der Waals surface area contributed by atoms with Crippen molar-refractivity contribution in [2.45, 2.75) is 6.42 Å². The van der Waals surface area contributed by atoms with Crippen molar-refractivity contribution in [1.29, 1.82) is 0 Å². The molecule has 1 aromatic carbocycles. The van der Waals surface area contributed by atoms with Gasteiger partial charge in [-0.2, -0.15) is 0 Å². The molecule has 18 heavy (non-hydrogen) atoms. The van der Waals surface area contributed by atoms with Crippen LogP contribution in [0.5, 0.6) is 5.75 Å². The molecule has 4 heteroatoms. The fourth-order valence-corrected chi connectivity index (χ4v) is 1.98. The van der Waals surface area contributed by atoms with Gasteiger partial charge in [0.05, 0.1) is 14.2 Å². The smallest absolute Gasteiger partial charge is 0.333 e. The maximum Gasteiger partial charge on any atom is 0.333 e. The second-order valence-corrected chi connectivity index (χ2v) is 3.97. The van der Waals surface area contributed by atoms with Crippen molar-refractivity contribution in [2.75, 3.05) is 14.2 Å². The lowest BCUT2D eigenvalue weighted by Crippen LogP contribution is -2.05. The fraction of sp³-hybridized carbons (Fsp3) is 0.214. The normalized spacial score (nSPS) is 10.3. The van der Waals surface area contributed by atoms with Crippen molar-refractivity contribution in [3.63, 3.8) is 0 Å². The van der Waals surface area contributed by atoms with Crippen LogP contribution in [0.3, 0.4) is 0 Å². The molecule has 1 heterocycles. The van der Waals surface area contributed by atoms with Crippen LogP contribution in [0.2, 0.25) is 0 Å². The van der Waals surface area contributed by atoms with Crippen LogP contribution in [0.25, 0.3) is 10.9 Å². The van der Waals surface area contributed by atoms with Crippen LogP contribution in [0.15, 0.2) is 36.5 Å². The molecule has 0 unspecified atom stereocenters. The standard InChI is InChI=1S/C14H15NO3/c1-9(14(16)18-3)7-10-8-15-11-5-4-6-12(17-2)13(10)11/h4-6,8,15H,1,7H2,2-3H3. The number of carbonyl (C=O) groups is 1. The Bertz CT molecular complexity index is 598. The Morgan fingerprint density at radius 2 is 2.17 bits per heavy atom. The lowest BCUT2D eigenvalue weighted by molar-refractivity contribution is -0.136. The van der Waals surface area contributed by atoms with E-state index in [-0.39, 0.29) is 5.97 Å². The number of H-pyrrole nitrogens is 1. The molecule has 4 nitrogen and oxygen atoms in total. The zero-order valence-electron chi connectivity index (χ0n) is 10.4. The summed E-state index contributed by atoms with van der Waals surface area (Å²) in [6.45, 7) is 3.73. The van der Waals surface area contributed by atoms with E-state index < -0.39 is 0 Å². The first-order valence-corrected chi connectivity index (χ1v) is 5.56. The van der Waals surface area contributed by atoms with Gasteiger partial charge in [-0.15, -0.1) is 0 Å². The number of carbonyl (C=O) groups excluding carboxylic acids is 1. The summed E-state index contributed by atoms with van der Waals surface area (Å²) in [6.07, 6.45) is 2.30. The van der Waals surface area contributed by atoms with Crippen LogP contribution in [0, 0.1) is 0 Å². The molecule has 1 N–H and O–H groups in total. The van der Waals surface area contributed by atoms with Crippen molar-refractivity contribution in [2.24, 2.45) is 0 Å². The summed E-state index contributed by atoms with van der Waals surface area (Å²) in [5, 5.41) is 0.977. The van der Waals surface area contributed by atoms with Crippen LogP contribution in [0.1, 0.15) is 5.56 Å². The molecule has 94 valence electrons. The van der Waals surface area contributed by atoms with Crippen molar-refractivity contribution in [3.8, 4) is 5.75 Å². The molecule has 0 aliphatic rings. The predicted molar refractivity (Wildman–Crippen MR) is 69.7 cm³/mol. The van der Waals surface area contributed by atoms with Crippen molar-refractivity contribution < 1.29 is 14.3 Å². The van der Waals surface area contributed by atoms with E-state index in [1.54, 1.807) is 7.11 Å². The lowest BCUT2D eigenvalue weighted by atomic mass is 10.0. The predicted octanol–water partition coefficient (Wildman–Crippen LogP) is 2.45. The number of nitrogens with one attached hydrogen (secondary N) is 1. The summed E-state index contributed by atoms with van der Waals surface area (Å²) in [4.78, 5) is 14.5. The van der Waals surface area contributed by atoms with Crippen molar-refractivity contribution in [3.05, 3.63) is 42.1 Å². The Morgan fingerprint density at radius 1 is 1.39 bits per heavy atom. The summed E-state index contributed by atoms with van der Waals surface area (Å²) in [5.74, 6) is 0.390. The molecule has 0 fully saturated rings. The summed E-state index contributed by atoms with van der Waals surface area (Å²) >= 11 is 0. The number of hydrogen-bond acceptors (Lipinski definition) is 3. The van der Waals surface area contributed by atoms with E-state index in [1.807, 2.05) is 24.4 Å². The number of aromatic amines is 1. The molecule has 0 aliphatic heterocycles. The zero-order valence-corrected chi connectivity index (χ0v) is 10.4. The minimum absolute atomic E-state index is 0.390. The number of benzene rings is 1. The number of fused-ring (bicyclic) bond motifs is 1. The SMILES string of the molecule is C=C(Cc1c[nH]c2cccc(OC)c12)C(=O)OC. The highest BCUT2D eigenvalue weighted by molar-refractivity contribution is 5.93. The molecule has 2 rings (SSSR count). The van der Waals surface area contributed by atoms with Crippen molar-refractivity contribution in [1.82, 2.24) is 4.98 Å². The minimum atomic E-state index is -0.390. The monoisotopic (exact) mass is 245 g/mol. The molecular weight excluding hydrogens is 230 g/mol. The van der Waals surface area contributed by atoms with Crippen LogP contribution in [-0.2, 0) is 16.0 Å². The molecule has 0 radical (unpaired) electrons. The minimum Gasteiger partial charge on any atom is -0.496 e. The van der Waals surface area contributed by atoms with E-state index in [1.165, 1.54) is 7.11 Å². The molecule has 2 aromatic rings. The van der Waals surface area contributed by atoms with E-state index in [4.69, 9.17) is 4.74 Å². The fourth-order valence-electron chi connectivity index (χ4n) is 1.98. The Balaban J connectivity index is 2.40. The molecule has 0 amide bonds. The van der Waals surface area contributed by atoms with E-state index >= 15 is 0 Å². The average molecular weight is 245 g/mol. The van der Waals surface area contributed by atoms with Gasteiger partial charge in [-0.3, -0.25) is 0 Å². The van der Waals surface area contributed by atoms with Gasteiger partial charge in [-0.1, -0.05) is 12.6 Å². The van der Waals surface area contributed by atoms with Gasteiger partial charge in [0, 0.05) is 29.1 Å². The lowest BCUT2D eigenvalue weighted by Gasteiger charge is -2.05. The maximum atomic E-state index is 11.4.